The third kappa shape index (κ3) is 3.96. The standard InChI is InChI=1S/C21H19ClFN3O3/c1-28-18-7-3-2-6-15(18)20-24-19(25-29-20)13-5-4-10-26(12-13)21(27)16-11-14(23)8-9-17(16)22/h2-3,6-9,11,13H,4-5,10,12H2,1H3/t13-/m1/s1. The SMILES string of the molecule is COc1ccccc1-c1nc([C@@H]2CCCN(C(=O)c3cc(F)ccc3Cl)C2)no1. The van der Waals surface area contributed by atoms with Crippen molar-refractivity contribution < 1.29 is 18.4 Å². The number of rotatable bonds is 4. The topological polar surface area (TPSA) is 68.5 Å². The summed E-state index contributed by atoms with van der Waals surface area (Å²) in [5.41, 5.74) is 0.874. The first-order valence-electron chi connectivity index (χ1n) is 9.28. The van der Waals surface area contributed by atoms with E-state index in [-0.39, 0.29) is 22.4 Å². The highest BCUT2D eigenvalue weighted by Crippen LogP contribution is 2.32. The maximum absolute atomic E-state index is 13.6. The fraction of sp³-hybridized carbons (Fsp3) is 0.286. The summed E-state index contributed by atoms with van der Waals surface area (Å²) in [6.45, 7) is 0.982. The van der Waals surface area contributed by atoms with Crippen molar-refractivity contribution >= 4 is 17.5 Å². The first-order valence-corrected chi connectivity index (χ1v) is 9.66. The number of methoxy groups -OCH3 is 1. The fourth-order valence-electron chi connectivity index (χ4n) is 3.54. The monoisotopic (exact) mass is 415 g/mol. The molecule has 2 aromatic carbocycles. The third-order valence-electron chi connectivity index (χ3n) is 5.01. The van der Waals surface area contributed by atoms with Gasteiger partial charge in [-0.3, -0.25) is 4.79 Å². The summed E-state index contributed by atoms with van der Waals surface area (Å²) < 4.78 is 24.4. The molecule has 150 valence electrons. The summed E-state index contributed by atoms with van der Waals surface area (Å²) >= 11 is 6.10. The van der Waals surface area contributed by atoms with E-state index in [9.17, 15) is 9.18 Å². The summed E-state index contributed by atoms with van der Waals surface area (Å²) in [6, 6.07) is 11.2. The van der Waals surface area contributed by atoms with Gasteiger partial charge in [-0.05, 0) is 43.2 Å². The molecule has 3 aromatic rings. The van der Waals surface area contributed by atoms with Crippen molar-refractivity contribution in [1.82, 2.24) is 15.0 Å². The Hall–Kier alpha value is -2.93. The van der Waals surface area contributed by atoms with Gasteiger partial charge < -0.3 is 14.2 Å². The molecule has 0 unspecified atom stereocenters. The number of carbonyl (C=O) groups excluding carboxylic acids is 1. The van der Waals surface area contributed by atoms with Crippen LogP contribution in [0.15, 0.2) is 47.0 Å². The van der Waals surface area contributed by atoms with Crippen molar-refractivity contribution in [2.24, 2.45) is 0 Å². The van der Waals surface area contributed by atoms with E-state index in [0.29, 0.717) is 36.1 Å². The lowest BCUT2D eigenvalue weighted by atomic mass is 9.96. The zero-order valence-corrected chi connectivity index (χ0v) is 16.5. The number of hydrogen-bond donors (Lipinski definition) is 0. The summed E-state index contributed by atoms with van der Waals surface area (Å²) in [6.07, 6.45) is 1.60. The van der Waals surface area contributed by atoms with Gasteiger partial charge in [0.2, 0.25) is 0 Å². The fourth-order valence-corrected chi connectivity index (χ4v) is 3.73. The predicted octanol–water partition coefficient (Wildman–Crippen LogP) is 4.56. The summed E-state index contributed by atoms with van der Waals surface area (Å²) in [5.74, 6) is 0.678. The van der Waals surface area contributed by atoms with E-state index < -0.39 is 5.82 Å². The minimum Gasteiger partial charge on any atom is -0.496 e. The molecule has 0 N–H and O–H groups in total. The van der Waals surface area contributed by atoms with Crippen molar-refractivity contribution in [2.75, 3.05) is 20.2 Å². The van der Waals surface area contributed by atoms with Crippen LogP contribution in [0.3, 0.4) is 0 Å². The molecule has 1 aliphatic heterocycles. The zero-order chi connectivity index (χ0) is 20.4. The number of aromatic nitrogens is 2. The number of halogens is 2. The highest BCUT2D eigenvalue weighted by molar-refractivity contribution is 6.33. The van der Waals surface area contributed by atoms with Gasteiger partial charge in [-0.15, -0.1) is 0 Å². The van der Waals surface area contributed by atoms with E-state index in [0.717, 1.165) is 12.8 Å². The Bertz CT molecular complexity index is 1040. The second-order valence-electron chi connectivity index (χ2n) is 6.87. The predicted molar refractivity (Wildman–Crippen MR) is 106 cm³/mol. The van der Waals surface area contributed by atoms with E-state index in [1.54, 1.807) is 12.0 Å². The van der Waals surface area contributed by atoms with Crippen molar-refractivity contribution in [3.8, 4) is 17.2 Å². The average molecular weight is 416 g/mol. The third-order valence-corrected chi connectivity index (χ3v) is 5.34. The number of ether oxygens (including phenoxy) is 1. The van der Waals surface area contributed by atoms with Crippen molar-refractivity contribution in [3.63, 3.8) is 0 Å². The van der Waals surface area contributed by atoms with Crippen LogP contribution in [0, 0.1) is 5.82 Å². The van der Waals surface area contributed by atoms with Gasteiger partial charge in [-0.2, -0.15) is 4.98 Å². The number of amides is 1. The Morgan fingerprint density at radius 2 is 2.14 bits per heavy atom. The molecule has 2 heterocycles. The second-order valence-corrected chi connectivity index (χ2v) is 7.28. The van der Waals surface area contributed by atoms with Gasteiger partial charge in [0.05, 0.1) is 23.3 Å². The van der Waals surface area contributed by atoms with Crippen molar-refractivity contribution in [3.05, 3.63) is 64.7 Å². The van der Waals surface area contributed by atoms with Gasteiger partial charge in [0, 0.05) is 19.0 Å². The van der Waals surface area contributed by atoms with Gasteiger partial charge in [0.15, 0.2) is 5.82 Å². The molecule has 29 heavy (non-hydrogen) atoms. The maximum Gasteiger partial charge on any atom is 0.261 e. The molecule has 6 nitrogen and oxygen atoms in total. The van der Waals surface area contributed by atoms with Crippen LogP contribution in [0.5, 0.6) is 5.75 Å². The molecule has 0 saturated carbocycles. The van der Waals surface area contributed by atoms with Crippen LogP contribution >= 0.6 is 11.6 Å². The quantitative estimate of drug-likeness (QED) is 0.625. The first-order chi connectivity index (χ1) is 14.1. The van der Waals surface area contributed by atoms with E-state index in [4.69, 9.17) is 20.9 Å². The van der Waals surface area contributed by atoms with Crippen LogP contribution in [0.1, 0.15) is 34.9 Å². The first kappa shape index (κ1) is 19.4. The lowest BCUT2D eigenvalue weighted by Crippen LogP contribution is -2.39. The minimum atomic E-state index is -0.495. The zero-order valence-electron chi connectivity index (χ0n) is 15.8. The van der Waals surface area contributed by atoms with Gasteiger partial charge in [0.1, 0.15) is 11.6 Å². The Labute approximate surface area is 172 Å². The summed E-state index contributed by atoms with van der Waals surface area (Å²) in [5, 5.41) is 4.36. The Kier molecular flexibility index (Phi) is 5.49. The highest BCUT2D eigenvalue weighted by atomic mass is 35.5. The minimum absolute atomic E-state index is 0.0766. The number of nitrogens with zero attached hydrogens (tertiary/aromatic N) is 3. The number of benzene rings is 2. The Morgan fingerprint density at radius 3 is 2.97 bits per heavy atom. The molecule has 8 heteroatoms. The lowest BCUT2D eigenvalue weighted by Gasteiger charge is -2.31. The van der Waals surface area contributed by atoms with Gasteiger partial charge in [-0.1, -0.05) is 28.9 Å². The summed E-state index contributed by atoms with van der Waals surface area (Å²) in [7, 11) is 1.58. The van der Waals surface area contributed by atoms with Gasteiger partial charge in [-0.25, -0.2) is 4.39 Å². The molecule has 0 bridgehead atoms. The Morgan fingerprint density at radius 1 is 1.31 bits per heavy atom. The lowest BCUT2D eigenvalue weighted by molar-refractivity contribution is 0.0703. The maximum atomic E-state index is 13.6. The van der Waals surface area contributed by atoms with Gasteiger partial charge in [0.25, 0.3) is 11.8 Å². The van der Waals surface area contributed by atoms with E-state index >= 15 is 0 Å². The number of carbonyl (C=O) groups is 1. The molecule has 0 radical (unpaired) electrons. The number of likely N-dealkylation sites (tertiary alicyclic amines) is 1. The molecule has 0 spiro atoms. The van der Waals surface area contributed by atoms with Crippen LogP contribution in [0.25, 0.3) is 11.5 Å². The number of hydrogen-bond acceptors (Lipinski definition) is 5. The van der Waals surface area contributed by atoms with Crippen molar-refractivity contribution in [1.29, 1.82) is 0 Å². The molecule has 1 fully saturated rings. The van der Waals surface area contributed by atoms with E-state index in [1.165, 1.54) is 18.2 Å². The largest absolute Gasteiger partial charge is 0.496 e. The van der Waals surface area contributed by atoms with Crippen molar-refractivity contribution in [2.45, 2.75) is 18.8 Å². The highest BCUT2D eigenvalue weighted by Gasteiger charge is 2.30. The average Bonchev–Trinajstić information content (AvgIpc) is 3.25. The van der Waals surface area contributed by atoms with Crippen LogP contribution in [-0.4, -0.2) is 41.1 Å². The number of para-hydroxylation sites is 1. The molecule has 0 aliphatic carbocycles. The summed E-state index contributed by atoms with van der Waals surface area (Å²) in [4.78, 5) is 19.0. The Balaban J connectivity index is 1.54. The molecular formula is C21H19ClFN3O3. The van der Waals surface area contributed by atoms with Crippen LogP contribution in [0.2, 0.25) is 5.02 Å². The molecule has 1 atom stereocenters. The molecule has 1 saturated heterocycles. The number of piperidine rings is 1. The van der Waals surface area contributed by atoms with Crippen LogP contribution < -0.4 is 4.74 Å². The van der Waals surface area contributed by atoms with Crippen LogP contribution in [0.4, 0.5) is 4.39 Å². The van der Waals surface area contributed by atoms with E-state index in [1.807, 2.05) is 24.3 Å². The van der Waals surface area contributed by atoms with E-state index in [2.05, 4.69) is 10.1 Å². The van der Waals surface area contributed by atoms with Crippen LogP contribution in [-0.2, 0) is 0 Å². The molecule has 4 rings (SSSR count). The molecule has 1 amide bonds. The molecule has 1 aromatic heterocycles. The normalized spacial score (nSPS) is 16.7. The second kappa shape index (κ2) is 8.21. The molecule has 1 aliphatic rings. The molecular weight excluding hydrogens is 397 g/mol. The van der Waals surface area contributed by atoms with Gasteiger partial charge >= 0.3 is 0 Å². The smallest absolute Gasteiger partial charge is 0.261 e.